The Morgan fingerprint density at radius 3 is 2.25 bits per heavy atom. The maximum Gasteiger partial charge on any atom is -0.0351 e. The second-order valence-electron chi connectivity index (χ2n) is 3.94. The summed E-state index contributed by atoms with van der Waals surface area (Å²) in [6, 6.07) is 0. The van der Waals surface area contributed by atoms with Crippen LogP contribution in [0.3, 0.4) is 0 Å². The highest BCUT2D eigenvalue weighted by Crippen LogP contribution is 2.08. The minimum Gasteiger partial charge on any atom is -0.0885 e. The molecule has 0 atom stereocenters. The Morgan fingerprint density at radius 2 is 1.67 bits per heavy atom. The zero-order valence-electron chi connectivity index (χ0n) is 8.97. The summed E-state index contributed by atoms with van der Waals surface area (Å²) in [4.78, 5) is 0. The topological polar surface area (TPSA) is 0 Å². The highest BCUT2D eigenvalue weighted by Gasteiger charge is 1.91. The number of unbranched alkanes of at least 4 members (excludes halogenated alkanes) is 3. The summed E-state index contributed by atoms with van der Waals surface area (Å²) in [6.07, 6.45) is 12.6. The van der Waals surface area contributed by atoms with E-state index in [1.165, 1.54) is 38.5 Å². The maximum atomic E-state index is 2.34. The third-order valence-electron chi connectivity index (χ3n) is 2.02. The lowest BCUT2D eigenvalue weighted by atomic mass is 10.1. The molecule has 0 spiro atoms. The summed E-state index contributed by atoms with van der Waals surface area (Å²) in [7, 11) is 0. The fraction of sp³-hybridized carbons (Fsp3) is 0.833. The van der Waals surface area contributed by atoms with E-state index in [1.54, 1.807) is 0 Å². The van der Waals surface area contributed by atoms with E-state index in [-0.39, 0.29) is 0 Å². The van der Waals surface area contributed by atoms with Gasteiger partial charge in [0.25, 0.3) is 0 Å². The van der Waals surface area contributed by atoms with E-state index < -0.39 is 0 Å². The third kappa shape index (κ3) is 9.74. The van der Waals surface area contributed by atoms with Gasteiger partial charge in [-0.3, -0.25) is 0 Å². The summed E-state index contributed by atoms with van der Waals surface area (Å²) >= 11 is 0. The Bertz CT molecular complexity index is 101. The first-order chi connectivity index (χ1) is 5.77. The summed E-state index contributed by atoms with van der Waals surface area (Å²) < 4.78 is 0. The Labute approximate surface area is 78.1 Å². The molecule has 0 bridgehead atoms. The van der Waals surface area contributed by atoms with Gasteiger partial charge in [-0.25, -0.2) is 0 Å². The van der Waals surface area contributed by atoms with Crippen LogP contribution in [0.5, 0.6) is 0 Å². The first kappa shape index (κ1) is 11.7. The third-order valence-corrected chi connectivity index (χ3v) is 2.02. The SMILES string of the molecule is CCC/C=C\CCCCC(C)C. The highest BCUT2D eigenvalue weighted by molar-refractivity contribution is 4.80. The van der Waals surface area contributed by atoms with Gasteiger partial charge in [0.05, 0.1) is 0 Å². The van der Waals surface area contributed by atoms with Crippen LogP contribution in [0.4, 0.5) is 0 Å². The second-order valence-corrected chi connectivity index (χ2v) is 3.94. The molecule has 0 aromatic rings. The quantitative estimate of drug-likeness (QED) is 0.386. The molecule has 0 aliphatic carbocycles. The second kappa shape index (κ2) is 8.83. The van der Waals surface area contributed by atoms with Gasteiger partial charge in [-0.1, -0.05) is 52.2 Å². The van der Waals surface area contributed by atoms with Crippen LogP contribution in [-0.2, 0) is 0 Å². The normalized spacial score (nSPS) is 11.7. The molecular weight excluding hydrogens is 144 g/mol. The Balaban J connectivity index is 3.00. The van der Waals surface area contributed by atoms with Crippen molar-refractivity contribution in [1.82, 2.24) is 0 Å². The van der Waals surface area contributed by atoms with E-state index in [2.05, 4.69) is 32.9 Å². The molecule has 0 aliphatic heterocycles. The summed E-state index contributed by atoms with van der Waals surface area (Å²) in [6.45, 7) is 6.82. The van der Waals surface area contributed by atoms with Crippen LogP contribution in [0.1, 0.15) is 59.3 Å². The molecule has 0 nitrogen and oxygen atoms in total. The molecule has 0 saturated carbocycles. The largest absolute Gasteiger partial charge is 0.0885 e. The lowest BCUT2D eigenvalue weighted by Gasteiger charge is -2.01. The van der Waals surface area contributed by atoms with E-state index in [0.29, 0.717) is 0 Å². The fourth-order valence-corrected chi connectivity index (χ4v) is 1.22. The van der Waals surface area contributed by atoms with Crippen LogP contribution >= 0.6 is 0 Å². The van der Waals surface area contributed by atoms with Gasteiger partial charge in [0.2, 0.25) is 0 Å². The van der Waals surface area contributed by atoms with Crippen LogP contribution in [0, 0.1) is 5.92 Å². The van der Waals surface area contributed by atoms with Gasteiger partial charge in [-0.15, -0.1) is 0 Å². The van der Waals surface area contributed by atoms with Gasteiger partial charge >= 0.3 is 0 Å². The molecule has 0 radical (unpaired) electrons. The molecule has 0 fully saturated rings. The highest BCUT2D eigenvalue weighted by atomic mass is 14.0. The van der Waals surface area contributed by atoms with Crippen molar-refractivity contribution < 1.29 is 0 Å². The lowest BCUT2D eigenvalue weighted by Crippen LogP contribution is -1.85. The van der Waals surface area contributed by atoms with Crippen molar-refractivity contribution in [3.05, 3.63) is 12.2 Å². The molecule has 0 rings (SSSR count). The summed E-state index contributed by atoms with van der Waals surface area (Å²) in [5.41, 5.74) is 0. The van der Waals surface area contributed by atoms with Crippen LogP contribution in [0.25, 0.3) is 0 Å². The fourth-order valence-electron chi connectivity index (χ4n) is 1.22. The molecular formula is C12H24. The average Bonchev–Trinajstić information content (AvgIpc) is 2.02. The van der Waals surface area contributed by atoms with Crippen LogP contribution in [0.2, 0.25) is 0 Å². The van der Waals surface area contributed by atoms with Gasteiger partial charge in [0.1, 0.15) is 0 Å². The predicted octanol–water partition coefficient (Wildman–Crippen LogP) is 4.56. The van der Waals surface area contributed by atoms with Gasteiger partial charge in [0, 0.05) is 0 Å². The number of allylic oxidation sites excluding steroid dienone is 2. The van der Waals surface area contributed by atoms with Crippen molar-refractivity contribution in [2.75, 3.05) is 0 Å². The molecule has 0 heteroatoms. The zero-order chi connectivity index (χ0) is 9.23. The summed E-state index contributed by atoms with van der Waals surface area (Å²) in [5, 5.41) is 0. The van der Waals surface area contributed by atoms with Crippen LogP contribution < -0.4 is 0 Å². The molecule has 0 heterocycles. The minimum absolute atomic E-state index is 0.879. The van der Waals surface area contributed by atoms with Crippen molar-refractivity contribution >= 4 is 0 Å². The smallest absolute Gasteiger partial charge is 0.0351 e. The van der Waals surface area contributed by atoms with E-state index in [4.69, 9.17) is 0 Å². The molecule has 0 aliphatic rings. The van der Waals surface area contributed by atoms with Gasteiger partial charge in [0.15, 0.2) is 0 Å². The standard InChI is InChI=1S/C12H24/c1-4-5-6-7-8-9-10-11-12(2)3/h6-7,12H,4-5,8-11H2,1-3H3/b7-6-. The van der Waals surface area contributed by atoms with Crippen molar-refractivity contribution in [1.29, 1.82) is 0 Å². The first-order valence-corrected chi connectivity index (χ1v) is 5.42. The van der Waals surface area contributed by atoms with Crippen molar-refractivity contribution in [3.8, 4) is 0 Å². The lowest BCUT2D eigenvalue weighted by molar-refractivity contribution is 0.540. The summed E-state index contributed by atoms with van der Waals surface area (Å²) in [5.74, 6) is 0.879. The minimum atomic E-state index is 0.879. The van der Waals surface area contributed by atoms with Crippen LogP contribution in [0.15, 0.2) is 12.2 Å². The van der Waals surface area contributed by atoms with E-state index in [0.717, 1.165) is 5.92 Å². The van der Waals surface area contributed by atoms with E-state index in [9.17, 15) is 0 Å². The monoisotopic (exact) mass is 168 g/mol. The Kier molecular flexibility index (Phi) is 8.64. The van der Waals surface area contributed by atoms with Crippen molar-refractivity contribution in [2.24, 2.45) is 5.92 Å². The molecule has 0 unspecified atom stereocenters. The first-order valence-electron chi connectivity index (χ1n) is 5.42. The zero-order valence-corrected chi connectivity index (χ0v) is 8.97. The molecule has 0 aromatic heterocycles. The number of hydrogen-bond acceptors (Lipinski definition) is 0. The molecule has 0 aromatic carbocycles. The van der Waals surface area contributed by atoms with Gasteiger partial charge < -0.3 is 0 Å². The number of rotatable bonds is 7. The van der Waals surface area contributed by atoms with Crippen molar-refractivity contribution in [2.45, 2.75) is 59.3 Å². The Hall–Kier alpha value is -0.260. The van der Waals surface area contributed by atoms with Crippen molar-refractivity contribution in [3.63, 3.8) is 0 Å². The van der Waals surface area contributed by atoms with Gasteiger partial charge in [-0.2, -0.15) is 0 Å². The maximum absolute atomic E-state index is 2.34. The molecule has 0 amide bonds. The molecule has 0 N–H and O–H groups in total. The average molecular weight is 168 g/mol. The van der Waals surface area contributed by atoms with E-state index in [1.807, 2.05) is 0 Å². The molecule has 0 saturated heterocycles. The number of hydrogen-bond donors (Lipinski definition) is 0. The van der Waals surface area contributed by atoms with E-state index >= 15 is 0 Å². The Morgan fingerprint density at radius 1 is 1.00 bits per heavy atom. The predicted molar refractivity (Wildman–Crippen MR) is 57.4 cm³/mol. The van der Waals surface area contributed by atoms with Crippen LogP contribution in [-0.4, -0.2) is 0 Å². The molecule has 12 heavy (non-hydrogen) atoms. The van der Waals surface area contributed by atoms with Gasteiger partial charge in [-0.05, 0) is 25.2 Å². The molecule has 72 valence electrons.